The average molecular weight is 480 g/mol. The Hall–Kier alpha value is -2.13. The molecular weight excluding hydrogens is 442 g/mol. The van der Waals surface area contributed by atoms with Crippen LogP contribution in [0, 0.1) is 17.8 Å². The van der Waals surface area contributed by atoms with Crippen LogP contribution in [0.15, 0.2) is 30.3 Å². The van der Waals surface area contributed by atoms with Gasteiger partial charge in [-0.2, -0.15) is 0 Å². The second kappa shape index (κ2) is 10.0. The average Bonchev–Trinajstić information content (AvgIpc) is 3.19. The lowest BCUT2D eigenvalue weighted by Gasteiger charge is -2.28. The number of rotatable bonds is 7. The molecule has 0 radical (unpaired) electrons. The maximum Gasteiger partial charge on any atom is 0.410 e. The zero-order valence-corrected chi connectivity index (χ0v) is 21.2. The summed E-state index contributed by atoms with van der Waals surface area (Å²) in [6.45, 7) is 12.9. The van der Waals surface area contributed by atoms with E-state index in [9.17, 15) is 13.8 Å². The van der Waals surface area contributed by atoms with Gasteiger partial charge >= 0.3 is 12.2 Å². The molecule has 2 fully saturated rings. The van der Waals surface area contributed by atoms with Crippen molar-refractivity contribution in [3.63, 3.8) is 0 Å². The molecule has 2 aliphatic rings. The Kier molecular flexibility index (Phi) is 7.73. The summed E-state index contributed by atoms with van der Waals surface area (Å²) in [7, 11) is -1.28. The Morgan fingerprint density at radius 3 is 2.24 bits per heavy atom. The van der Waals surface area contributed by atoms with Gasteiger partial charge < -0.3 is 19.7 Å². The van der Waals surface area contributed by atoms with E-state index >= 15 is 0 Å². The standard InChI is InChI=1S/C24H37N3O5S/c1-23(2,3)32-21(28)25-12-19(26-33(30)24(4,5)6)20-17-13-27(14-18(17)20)22(29)31-15-16-10-8-7-9-11-16/h7-11,17-20,26H,12-15H2,1-6H3,(H,25,28)/t17?,18?,19-,20?,33?/m0/s1. The van der Waals surface area contributed by atoms with Gasteiger partial charge in [0, 0.05) is 25.7 Å². The number of nitrogens with one attached hydrogen (secondary N) is 2. The monoisotopic (exact) mass is 479 g/mol. The summed E-state index contributed by atoms with van der Waals surface area (Å²) in [4.78, 5) is 26.4. The summed E-state index contributed by atoms with van der Waals surface area (Å²) in [5.74, 6) is 0.817. The van der Waals surface area contributed by atoms with E-state index in [1.807, 2.05) is 71.9 Å². The molecule has 1 saturated carbocycles. The number of alkyl carbamates (subject to hydrolysis) is 1. The van der Waals surface area contributed by atoms with Gasteiger partial charge in [-0.3, -0.25) is 0 Å². The van der Waals surface area contributed by atoms with Crippen LogP contribution in [0.2, 0.25) is 0 Å². The van der Waals surface area contributed by atoms with Crippen molar-refractivity contribution in [2.45, 2.75) is 64.5 Å². The van der Waals surface area contributed by atoms with E-state index in [1.165, 1.54) is 0 Å². The Labute approximate surface area is 199 Å². The molecule has 4 atom stereocenters. The van der Waals surface area contributed by atoms with Crippen molar-refractivity contribution in [3.05, 3.63) is 35.9 Å². The highest BCUT2D eigenvalue weighted by Gasteiger charge is 2.60. The largest absolute Gasteiger partial charge is 0.445 e. The Morgan fingerprint density at radius 1 is 1.09 bits per heavy atom. The summed E-state index contributed by atoms with van der Waals surface area (Å²) in [6, 6.07) is 9.43. The van der Waals surface area contributed by atoms with Gasteiger partial charge in [0.25, 0.3) is 0 Å². The molecule has 2 amide bonds. The fourth-order valence-electron chi connectivity index (χ4n) is 4.21. The highest BCUT2D eigenvalue weighted by atomic mass is 32.2. The highest BCUT2D eigenvalue weighted by molar-refractivity contribution is 7.84. The molecule has 184 valence electrons. The first-order valence-electron chi connectivity index (χ1n) is 11.5. The zero-order valence-electron chi connectivity index (χ0n) is 20.4. The van der Waals surface area contributed by atoms with Crippen molar-refractivity contribution in [3.8, 4) is 0 Å². The summed E-state index contributed by atoms with van der Waals surface area (Å²) < 4.78 is 26.4. The third-order valence-corrected chi connectivity index (χ3v) is 7.50. The number of carbonyl (C=O) groups is 2. The number of carbonyl (C=O) groups excluding carboxylic acids is 2. The number of fused-ring (bicyclic) bond motifs is 1. The lowest BCUT2D eigenvalue weighted by atomic mass is 10.1. The molecule has 1 aromatic rings. The fraction of sp³-hybridized carbons (Fsp3) is 0.667. The van der Waals surface area contributed by atoms with Crippen molar-refractivity contribution in [2.24, 2.45) is 17.8 Å². The molecule has 0 aromatic heterocycles. The molecule has 0 bridgehead atoms. The lowest BCUT2D eigenvalue weighted by molar-refractivity contribution is 0.0521. The lowest BCUT2D eigenvalue weighted by Crippen LogP contribution is -2.49. The van der Waals surface area contributed by atoms with Gasteiger partial charge in [-0.05, 0) is 64.9 Å². The van der Waals surface area contributed by atoms with Gasteiger partial charge in [0.1, 0.15) is 12.2 Å². The zero-order chi connectivity index (χ0) is 24.4. The summed E-state index contributed by atoms with van der Waals surface area (Å²) in [6.07, 6.45) is -0.799. The summed E-state index contributed by atoms with van der Waals surface area (Å²) >= 11 is 0. The van der Waals surface area contributed by atoms with Crippen LogP contribution >= 0.6 is 0 Å². The van der Waals surface area contributed by atoms with Crippen molar-refractivity contribution in [1.29, 1.82) is 0 Å². The highest BCUT2D eigenvalue weighted by Crippen LogP contribution is 2.53. The van der Waals surface area contributed by atoms with Crippen LogP contribution in [0.3, 0.4) is 0 Å². The van der Waals surface area contributed by atoms with Crippen molar-refractivity contribution in [2.75, 3.05) is 19.6 Å². The van der Waals surface area contributed by atoms with Crippen LogP contribution in [0.25, 0.3) is 0 Å². The number of hydrogen-bond acceptors (Lipinski definition) is 5. The molecule has 2 N–H and O–H groups in total. The van der Waals surface area contributed by atoms with Crippen molar-refractivity contribution in [1.82, 2.24) is 14.9 Å². The maximum absolute atomic E-state index is 12.8. The second-order valence-electron chi connectivity index (χ2n) is 10.8. The number of piperidine rings is 1. The Bertz CT molecular complexity index is 853. The quantitative estimate of drug-likeness (QED) is 0.624. The topological polar surface area (TPSA) is 97.0 Å². The minimum Gasteiger partial charge on any atom is -0.445 e. The smallest absolute Gasteiger partial charge is 0.410 e. The van der Waals surface area contributed by atoms with Crippen LogP contribution in [0.1, 0.15) is 47.1 Å². The number of hydrogen-bond donors (Lipinski definition) is 2. The van der Waals surface area contributed by atoms with E-state index in [2.05, 4.69) is 10.0 Å². The molecule has 1 saturated heterocycles. The van der Waals surface area contributed by atoms with Gasteiger partial charge in [0.15, 0.2) is 0 Å². The molecule has 3 rings (SSSR count). The third-order valence-electron chi connectivity index (χ3n) is 5.87. The van der Waals surface area contributed by atoms with E-state index in [0.29, 0.717) is 31.5 Å². The van der Waals surface area contributed by atoms with Crippen LogP contribution < -0.4 is 10.0 Å². The van der Waals surface area contributed by atoms with Gasteiger partial charge in [-0.25, -0.2) is 18.5 Å². The maximum atomic E-state index is 12.8. The molecule has 1 aliphatic heterocycles. The van der Waals surface area contributed by atoms with E-state index in [0.717, 1.165) is 5.56 Å². The molecule has 33 heavy (non-hydrogen) atoms. The molecule has 1 aliphatic carbocycles. The first-order chi connectivity index (χ1) is 15.3. The van der Waals surface area contributed by atoms with Gasteiger partial charge in [-0.15, -0.1) is 0 Å². The van der Waals surface area contributed by atoms with Gasteiger partial charge in [0.05, 0.1) is 15.7 Å². The number of amides is 2. The van der Waals surface area contributed by atoms with Crippen molar-refractivity contribution >= 4 is 23.2 Å². The van der Waals surface area contributed by atoms with Gasteiger partial charge in [-0.1, -0.05) is 30.3 Å². The second-order valence-corrected chi connectivity index (χ2v) is 12.8. The third kappa shape index (κ3) is 7.17. The Balaban J connectivity index is 1.54. The minimum absolute atomic E-state index is 0.171. The predicted octanol–water partition coefficient (Wildman–Crippen LogP) is 3.45. The normalized spacial score (nSPS) is 23.9. The molecule has 1 heterocycles. The van der Waals surface area contributed by atoms with E-state index in [4.69, 9.17) is 9.47 Å². The number of ether oxygens (including phenoxy) is 2. The molecule has 1 aromatic carbocycles. The van der Waals surface area contributed by atoms with E-state index in [-0.39, 0.29) is 24.7 Å². The molecule has 9 heteroatoms. The molecule has 8 nitrogen and oxygen atoms in total. The van der Waals surface area contributed by atoms with E-state index in [1.54, 1.807) is 4.90 Å². The van der Waals surface area contributed by atoms with Crippen LogP contribution in [0.5, 0.6) is 0 Å². The van der Waals surface area contributed by atoms with Crippen molar-refractivity contribution < 1.29 is 23.3 Å². The van der Waals surface area contributed by atoms with E-state index < -0.39 is 27.4 Å². The van der Waals surface area contributed by atoms with Crippen LogP contribution in [-0.4, -0.2) is 57.3 Å². The number of nitrogens with zero attached hydrogens (tertiary/aromatic N) is 1. The first-order valence-corrected chi connectivity index (χ1v) is 12.6. The predicted molar refractivity (Wildman–Crippen MR) is 128 cm³/mol. The summed E-state index contributed by atoms with van der Waals surface area (Å²) in [5.41, 5.74) is 0.369. The van der Waals surface area contributed by atoms with Gasteiger partial charge in [0.2, 0.25) is 0 Å². The molecular formula is C24H37N3O5S. The fourth-order valence-corrected chi connectivity index (χ4v) is 5.08. The molecule has 3 unspecified atom stereocenters. The minimum atomic E-state index is -1.28. The Morgan fingerprint density at radius 2 is 1.70 bits per heavy atom. The number of benzene rings is 1. The molecule has 0 spiro atoms. The van der Waals surface area contributed by atoms with Crippen LogP contribution in [0.4, 0.5) is 9.59 Å². The first kappa shape index (κ1) is 25.5. The van der Waals surface area contributed by atoms with Crippen LogP contribution in [-0.2, 0) is 27.1 Å². The SMILES string of the molecule is CC(C)(C)OC(=O)NC[C@H](NS(=O)C(C)(C)C)C1C2CN(C(=O)OCc3ccccc3)CC21. The summed E-state index contributed by atoms with van der Waals surface area (Å²) in [5, 5.41) is 2.82. The number of likely N-dealkylation sites (tertiary alicyclic amines) is 1.